The molecule has 0 fully saturated rings. The Morgan fingerprint density at radius 2 is 1.71 bits per heavy atom. The van der Waals surface area contributed by atoms with Crippen LogP contribution in [0.1, 0.15) is 18.4 Å². The number of fused-ring (bicyclic) bond motifs is 3. The number of hydrogen-bond donors (Lipinski definition) is 1. The van der Waals surface area contributed by atoms with Gasteiger partial charge in [0.15, 0.2) is 0 Å². The molecule has 0 aliphatic carbocycles. The highest BCUT2D eigenvalue weighted by Crippen LogP contribution is 2.33. The second kappa shape index (κ2) is 9.02. The molecule has 10 heteroatoms. The van der Waals surface area contributed by atoms with Crippen molar-refractivity contribution in [1.82, 2.24) is 0 Å². The number of rotatable bonds is 7. The lowest BCUT2D eigenvalue weighted by molar-refractivity contribution is -0.137. The number of halogens is 3. The molecular formula is C24H21F3N2O4S. The number of amides is 1. The normalized spacial score (nSPS) is 12.2. The molecule has 1 N–H and O–H groups in total. The van der Waals surface area contributed by atoms with Gasteiger partial charge in [0.2, 0.25) is 15.9 Å². The average Bonchev–Trinajstić information content (AvgIpc) is 3.13. The zero-order valence-corrected chi connectivity index (χ0v) is 18.9. The Labute approximate surface area is 194 Å². The molecule has 1 aromatic heterocycles. The zero-order chi connectivity index (χ0) is 24.5. The van der Waals surface area contributed by atoms with E-state index in [2.05, 4.69) is 5.32 Å². The summed E-state index contributed by atoms with van der Waals surface area (Å²) in [4.78, 5) is 12.4. The van der Waals surface area contributed by atoms with E-state index in [9.17, 15) is 26.4 Å². The second-order valence-electron chi connectivity index (χ2n) is 7.84. The predicted molar refractivity (Wildman–Crippen MR) is 125 cm³/mol. The van der Waals surface area contributed by atoms with Gasteiger partial charge < -0.3 is 9.73 Å². The van der Waals surface area contributed by atoms with Crippen LogP contribution in [-0.4, -0.2) is 27.1 Å². The fraction of sp³-hybridized carbons (Fsp3) is 0.208. The van der Waals surface area contributed by atoms with Gasteiger partial charge in [0.25, 0.3) is 0 Å². The van der Waals surface area contributed by atoms with E-state index in [-0.39, 0.29) is 31.0 Å². The van der Waals surface area contributed by atoms with Crippen molar-refractivity contribution >= 4 is 49.2 Å². The van der Waals surface area contributed by atoms with E-state index < -0.39 is 21.8 Å². The van der Waals surface area contributed by atoms with Crippen LogP contribution in [0, 0.1) is 0 Å². The Morgan fingerprint density at radius 1 is 0.971 bits per heavy atom. The van der Waals surface area contributed by atoms with Crippen LogP contribution in [0.4, 0.5) is 24.5 Å². The molecular weight excluding hydrogens is 469 g/mol. The number of anilines is 2. The number of furan rings is 1. The van der Waals surface area contributed by atoms with Gasteiger partial charge in [-0.3, -0.25) is 9.10 Å². The minimum absolute atomic E-state index is 0.0247. The Bertz CT molecular complexity index is 1460. The van der Waals surface area contributed by atoms with Crippen LogP contribution < -0.4 is 9.62 Å². The average molecular weight is 491 g/mol. The van der Waals surface area contributed by atoms with E-state index in [1.807, 2.05) is 30.3 Å². The first-order chi connectivity index (χ1) is 16.0. The van der Waals surface area contributed by atoms with Crippen LogP contribution in [-0.2, 0) is 21.0 Å². The van der Waals surface area contributed by atoms with Crippen molar-refractivity contribution in [2.75, 3.05) is 22.4 Å². The molecule has 6 nitrogen and oxygen atoms in total. The fourth-order valence-corrected chi connectivity index (χ4v) is 4.69. The third-order valence-corrected chi connectivity index (χ3v) is 6.48. The first kappa shape index (κ1) is 23.6. The van der Waals surface area contributed by atoms with Gasteiger partial charge in [0.1, 0.15) is 11.2 Å². The largest absolute Gasteiger partial charge is 0.456 e. The lowest BCUT2D eigenvalue weighted by Gasteiger charge is -2.23. The maximum Gasteiger partial charge on any atom is 0.416 e. The quantitative estimate of drug-likeness (QED) is 0.356. The van der Waals surface area contributed by atoms with E-state index in [4.69, 9.17) is 4.42 Å². The number of carbonyl (C=O) groups is 1. The number of para-hydroxylation sites is 1. The smallest absolute Gasteiger partial charge is 0.416 e. The summed E-state index contributed by atoms with van der Waals surface area (Å²) >= 11 is 0. The van der Waals surface area contributed by atoms with Gasteiger partial charge in [0.05, 0.1) is 17.5 Å². The summed E-state index contributed by atoms with van der Waals surface area (Å²) in [5.41, 5.74) is 0.822. The minimum Gasteiger partial charge on any atom is -0.456 e. The molecule has 4 rings (SSSR count). The molecule has 0 radical (unpaired) electrons. The van der Waals surface area contributed by atoms with Crippen LogP contribution in [0.15, 0.2) is 71.1 Å². The summed E-state index contributed by atoms with van der Waals surface area (Å²) in [7, 11) is -3.85. The van der Waals surface area contributed by atoms with Crippen molar-refractivity contribution in [1.29, 1.82) is 0 Å². The van der Waals surface area contributed by atoms with Crippen molar-refractivity contribution < 1.29 is 30.8 Å². The van der Waals surface area contributed by atoms with E-state index in [0.29, 0.717) is 11.3 Å². The van der Waals surface area contributed by atoms with Crippen molar-refractivity contribution in [2.45, 2.75) is 19.0 Å². The number of alkyl halides is 3. The van der Waals surface area contributed by atoms with E-state index in [1.54, 1.807) is 12.1 Å². The number of benzene rings is 3. The standard InChI is InChI=1S/C24H21F3N2O4S/c1-34(31,32)29(18-7-4-6-16(14-18)24(25,26)27)13-5-10-23(30)28-17-11-12-20-19-8-2-3-9-21(19)33-22(20)15-17/h2-4,6-9,11-12,14-15H,5,10,13H2,1H3,(H,28,30). The highest BCUT2D eigenvalue weighted by atomic mass is 32.2. The zero-order valence-electron chi connectivity index (χ0n) is 18.1. The monoisotopic (exact) mass is 490 g/mol. The van der Waals surface area contributed by atoms with Gasteiger partial charge in [-0.2, -0.15) is 13.2 Å². The predicted octanol–water partition coefficient (Wildman–Crippen LogP) is 5.79. The van der Waals surface area contributed by atoms with Gasteiger partial charge in [0, 0.05) is 35.5 Å². The molecule has 0 bridgehead atoms. The summed E-state index contributed by atoms with van der Waals surface area (Å²) in [6.07, 6.45) is -3.60. The number of nitrogens with zero attached hydrogens (tertiary/aromatic N) is 1. The number of nitrogens with one attached hydrogen (secondary N) is 1. The molecule has 0 aliphatic rings. The molecule has 1 heterocycles. The molecule has 178 valence electrons. The van der Waals surface area contributed by atoms with Crippen LogP contribution >= 0.6 is 0 Å². The Morgan fingerprint density at radius 3 is 2.44 bits per heavy atom. The maximum absolute atomic E-state index is 13.0. The van der Waals surface area contributed by atoms with Crippen LogP contribution in [0.25, 0.3) is 21.9 Å². The van der Waals surface area contributed by atoms with E-state index in [1.165, 1.54) is 6.07 Å². The molecule has 34 heavy (non-hydrogen) atoms. The van der Waals surface area contributed by atoms with Gasteiger partial charge in [-0.25, -0.2) is 8.42 Å². The molecule has 0 aliphatic heterocycles. The van der Waals surface area contributed by atoms with Crippen molar-refractivity contribution in [3.63, 3.8) is 0 Å². The summed E-state index contributed by atoms with van der Waals surface area (Å²) in [5, 5.41) is 4.62. The molecule has 0 unspecified atom stereocenters. The molecule has 4 aromatic rings. The topological polar surface area (TPSA) is 79.6 Å². The molecule has 0 saturated heterocycles. The SMILES string of the molecule is CS(=O)(=O)N(CCCC(=O)Nc1ccc2c(c1)oc1ccccc12)c1cccc(C(F)(F)F)c1. The third-order valence-electron chi connectivity index (χ3n) is 5.29. The van der Waals surface area contributed by atoms with Crippen molar-refractivity contribution in [2.24, 2.45) is 0 Å². The second-order valence-corrected chi connectivity index (χ2v) is 9.75. The molecule has 3 aromatic carbocycles. The van der Waals surface area contributed by atoms with Gasteiger partial charge in [-0.1, -0.05) is 24.3 Å². The van der Waals surface area contributed by atoms with Crippen LogP contribution in [0.3, 0.4) is 0 Å². The summed E-state index contributed by atoms with van der Waals surface area (Å²) < 4.78 is 70.1. The fourth-order valence-electron chi connectivity index (χ4n) is 3.73. The molecule has 0 atom stereocenters. The number of hydrogen-bond acceptors (Lipinski definition) is 4. The van der Waals surface area contributed by atoms with E-state index >= 15 is 0 Å². The number of carbonyl (C=O) groups excluding carboxylic acids is 1. The first-order valence-corrected chi connectivity index (χ1v) is 12.2. The molecule has 0 saturated carbocycles. The number of sulfonamides is 1. The minimum atomic E-state index is -4.60. The Kier molecular flexibility index (Phi) is 6.26. The Hall–Kier alpha value is -3.53. The van der Waals surface area contributed by atoms with Gasteiger partial charge in [-0.05, 0) is 42.8 Å². The van der Waals surface area contributed by atoms with Gasteiger partial charge >= 0.3 is 6.18 Å². The Balaban J connectivity index is 1.42. The first-order valence-electron chi connectivity index (χ1n) is 10.4. The van der Waals surface area contributed by atoms with Crippen LogP contribution in [0.2, 0.25) is 0 Å². The van der Waals surface area contributed by atoms with Crippen LogP contribution in [0.5, 0.6) is 0 Å². The highest BCUT2D eigenvalue weighted by molar-refractivity contribution is 7.92. The summed E-state index contributed by atoms with van der Waals surface area (Å²) in [5.74, 6) is -0.354. The highest BCUT2D eigenvalue weighted by Gasteiger charge is 2.31. The molecule has 0 spiro atoms. The van der Waals surface area contributed by atoms with Crippen molar-refractivity contribution in [3.05, 3.63) is 72.3 Å². The summed E-state index contributed by atoms with van der Waals surface area (Å²) in [6.45, 7) is -0.143. The van der Waals surface area contributed by atoms with Crippen molar-refractivity contribution in [3.8, 4) is 0 Å². The lowest BCUT2D eigenvalue weighted by atomic mass is 10.1. The third kappa shape index (κ3) is 5.17. The van der Waals surface area contributed by atoms with E-state index in [0.717, 1.165) is 45.1 Å². The molecule has 1 amide bonds. The lowest BCUT2D eigenvalue weighted by Crippen LogP contribution is -2.31. The summed E-state index contributed by atoms with van der Waals surface area (Å²) in [6, 6.07) is 17.0. The maximum atomic E-state index is 13.0. The van der Waals surface area contributed by atoms with Gasteiger partial charge in [-0.15, -0.1) is 0 Å².